The number of pyridine rings is 1. The number of unbranched alkanes of at least 4 members (excludes halogenated alkanes) is 1. The van der Waals surface area contributed by atoms with Crippen LogP contribution in [0.25, 0.3) is 0 Å². The van der Waals surface area contributed by atoms with Crippen LogP contribution >= 0.6 is 0 Å². The molecule has 2 N–H and O–H groups in total. The Bertz CT molecular complexity index is 552. The standard InChI is InChI=1S/C18H26N4O/c1-2-3-11-20-18(22-14-10-17-8-6-15-23-17)21-13-9-16-7-4-5-12-19-16/h4-8,12,15H,2-3,9-11,13-14H2,1H3,(H2,20,21,22). The van der Waals surface area contributed by atoms with Gasteiger partial charge < -0.3 is 15.1 Å². The van der Waals surface area contributed by atoms with Gasteiger partial charge in [-0.2, -0.15) is 0 Å². The van der Waals surface area contributed by atoms with Crippen molar-refractivity contribution in [2.75, 3.05) is 19.6 Å². The first-order valence-corrected chi connectivity index (χ1v) is 8.33. The molecule has 0 saturated heterocycles. The van der Waals surface area contributed by atoms with Crippen LogP contribution < -0.4 is 10.6 Å². The fourth-order valence-corrected chi connectivity index (χ4v) is 2.14. The number of nitrogens with zero attached hydrogens (tertiary/aromatic N) is 2. The Hall–Kier alpha value is -2.30. The third-order valence-corrected chi connectivity index (χ3v) is 3.43. The van der Waals surface area contributed by atoms with E-state index >= 15 is 0 Å². The smallest absolute Gasteiger partial charge is 0.191 e. The Labute approximate surface area is 138 Å². The number of hydrogen-bond acceptors (Lipinski definition) is 3. The molecular formula is C18H26N4O. The molecule has 0 atom stereocenters. The van der Waals surface area contributed by atoms with Crippen LogP contribution in [0.2, 0.25) is 0 Å². The first kappa shape index (κ1) is 17.1. The average Bonchev–Trinajstić information content (AvgIpc) is 3.09. The van der Waals surface area contributed by atoms with Crippen LogP contribution in [0, 0.1) is 0 Å². The van der Waals surface area contributed by atoms with Crippen molar-refractivity contribution < 1.29 is 4.42 Å². The Morgan fingerprint density at radius 2 is 2.00 bits per heavy atom. The van der Waals surface area contributed by atoms with Gasteiger partial charge in [-0.1, -0.05) is 19.4 Å². The minimum Gasteiger partial charge on any atom is -0.469 e. The van der Waals surface area contributed by atoms with Gasteiger partial charge in [-0.15, -0.1) is 0 Å². The molecule has 5 heteroatoms. The van der Waals surface area contributed by atoms with Crippen molar-refractivity contribution in [1.29, 1.82) is 0 Å². The van der Waals surface area contributed by atoms with E-state index in [9.17, 15) is 0 Å². The lowest BCUT2D eigenvalue weighted by Crippen LogP contribution is -2.39. The number of rotatable bonds is 9. The molecule has 0 aliphatic carbocycles. The molecule has 0 unspecified atom stereocenters. The van der Waals surface area contributed by atoms with Gasteiger partial charge in [-0.05, 0) is 30.7 Å². The summed E-state index contributed by atoms with van der Waals surface area (Å²) < 4.78 is 5.34. The van der Waals surface area contributed by atoms with Gasteiger partial charge >= 0.3 is 0 Å². The topological polar surface area (TPSA) is 62.5 Å². The molecule has 124 valence electrons. The molecule has 2 aromatic rings. The molecule has 0 amide bonds. The van der Waals surface area contributed by atoms with E-state index in [-0.39, 0.29) is 0 Å². The average molecular weight is 314 g/mol. The number of furan rings is 1. The van der Waals surface area contributed by atoms with E-state index in [1.165, 1.54) is 0 Å². The maximum absolute atomic E-state index is 5.34. The van der Waals surface area contributed by atoms with Gasteiger partial charge in [0, 0.05) is 44.4 Å². The Balaban J connectivity index is 1.75. The molecule has 0 radical (unpaired) electrons. The van der Waals surface area contributed by atoms with Gasteiger partial charge in [0.2, 0.25) is 0 Å². The highest BCUT2D eigenvalue weighted by molar-refractivity contribution is 5.79. The Morgan fingerprint density at radius 3 is 2.70 bits per heavy atom. The highest BCUT2D eigenvalue weighted by Gasteiger charge is 2.01. The molecular weight excluding hydrogens is 288 g/mol. The molecule has 0 aliphatic rings. The van der Waals surface area contributed by atoms with Crippen LogP contribution in [0.4, 0.5) is 0 Å². The van der Waals surface area contributed by atoms with Crippen LogP contribution in [0.5, 0.6) is 0 Å². The summed E-state index contributed by atoms with van der Waals surface area (Å²) in [6.07, 6.45) is 7.52. The van der Waals surface area contributed by atoms with Crippen LogP contribution in [0.3, 0.4) is 0 Å². The summed E-state index contributed by atoms with van der Waals surface area (Å²) in [5.41, 5.74) is 1.09. The highest BCUT2D eigenvalue weighted by Crippen LogP contribution is 1.99. The fraction of sp³-hybridized carbons (Fsp3) is 0.444. The molecule has 0 aromatic carbocycles. The van der Waals surface area contributed by atoms with Crippen LogP contribution in [-0.4, -0.2) is 30.6 Å². The minimum atomic E-state index is 0.801. The van der Waals surface area contributed by atoms with Crippen LogP contribution in [-0.2, 0) is 12.8 Å². The first-order valence-electron chi connectivity index (χ1n) is 8.33. The van der Waals surface area contributed by atoms with Crippen LogP contribution in [0.1, 0.15) is 31.2 Å². The van der Waals surface area contributed by atoms with E-state index in [2.05, 4.69) is 27.5 Å². The van der Waals surface area contributed by atoms with E-state index in [1.807, 2.05) is 36.5 Å². The number of nitrogens with one attached hydrogen (secondary N) is 2. The zero-order valence-corrected chi connectivity index (χ0v) is 13.8. The van der Waals surface area contributed by atoms with Gasteiger partial charge in [0.1, 0.15) is 5.76 Å². The van der Waals surface area contributed by atoms with Gasteiger partial charge in [-0.3, -0.25) is 9.98 Å². The summed E-state index contributed by atoms with van der Waals surface area (Å²) in [6.45, 7) is 4.63. The molecule has 0 bridgehead atoms. The van der Waals surface area contributed by atoms with Gasteiger partial charge in [0.05, 0.1) is 6.26 Å². The predicted molar refractivity (Wildman–Crippen MR) is 93.6 cm³/mol. The molecule has 2 aromatic heterocycles. The predicted octanol–water partition coefficient (Wildman–Crippen LogP) is 2.80. The molecule has 2 heterocycles. The van der Waals surface area contributed by atoms with Crippen molar-refractivity contribution in [2.24, 2.45) is 4.99 Å². The normalized spacial score (nSPS) is 11.4. The van der Waals surface area contributed by atoms with Gasteiger partial charge in [0.25, 0.3) is 0 Å². The summed E-state index contributed by atoms with van der Waals surface area (Å²) in [5, 5.41) is 6.74. The van der Waals surface area contributed by atoms with E-state index in [0.29, 0.717) is 0 Å². The maximum Gasteiger partial charge on any atom is 0.191 e. The summed E-state index contributed by atoms with van der Waals surface area (Å²) in [4.78, 5) is 8.94. The van der Waals surface area contributed by atoms with Gasteiger partial charge in [-0.25, -0.2) is 0 Å². The maximum atomic E-state index is 5.34. The molecule has 5 nitrogen and oxygen atoms in total. The van der Waals surface area contributed by atoms with E-state index < -0.39 is 0 Å². The van der Waals surface area contributed by atoms with Crippen molar-refractivity contribution in [1.82, 2.24) is 15.6 Å². The van der Waals surface area contributed by atoms with E-state index in [1.54, 1.807) is 6.26 Å². The van der Waals surface area contributed by atoms with Crippen molar-refractivity contribution in [3.8, 4) is 0 Å². The minimum absolute atomic E-state index is 0.801. The summed E-state index contributed by atoms with van der Waals surface area (Å²) in [7, 11) is 0. The van der Waals surface area contributed by atoms with Crippen molar-refractivity contribution in [2.45, 2.75) is 32.6 Å². The Morgan fingerprint density at radius 1 is 1.13 bits per heavy atom. The monoisotopic (exact) mass is 314 g/mol. The molecule has 0 saturated carbocycles. The third kappa shape index (κ3) is 7.00. The second-order valence-electron chi connectivity index (χ2n) is 5.34. The summed E-state index contributed by atoms with van der Waals surface area (Å²) >= 11 is 0. The van der Waals surface area contributed by atoms with E-state index in [0.717, 1.165) is 62.7 Å². The zero-order valence-electron chi connectivity index (χ0n) is 13.8. The molecule has 2 rings (SSSR count). The third-order valence-electron chi connectivity index (χ3n) is 3.43. The molecule has 23 heavy (non-hydrogen) atoms. The number of guanidine groups is 1. The number of aromatic nitrogens is 1. The van der Waals surface area contributed by atoms with E-state index in [4.69, 9.17) is 4.42 Å². The van der Waals surface area contributed by atoms with Crippen molar-refractivity contribution in [3.63, 3.8) is 0 Å². The lowest BCUT2D eigenvalue weighted by molar-refractivity contribution is 0.506. The Kier molecular flexibility index (Phi) is 7.74. The molecule has 0 spiro atoms. The lowest BCUT2D eigenvalue weighted by atomic mass is 10.3. The van der Waals surface area contributed by atoms with Gasteiger partial charge in [0.15, 0.2) is 5.96 Å². The molecule has 0 fully saturated rings. The van der Waals surface area contributed by atoms with Crippen molar-refractivity contribution in [3.05, 3.63) is 54.2 Å². The zero-order chi connectivity index (χ0) is 16.2. The second-order valence-corrected chi connectivity index (χ2v) is 5.34. The summed E-state index contributed by atoms with van der Waals surface area (Å²) in [5.74, 6) is 1.85. The highest BCUT2D eigenvalue weighted by atomic mass is 16.3. The quantitative estimate of drug-likeness (QED) is 0.424. The SMILES string of the molecule is CCCCN=C(NCCc1ccccn1)NCCc1ccco1. The lowest BCUT2D eigenvalue weighted by Gasteiger charge is -2.12. The number of hydrogen-bond donors (Lipinski definition) is 2. The number of aliphatic imine (C=N–C) groups is 1. The first-order chi connectivity index (χ1) is 11.4. The largest absolute Gasteiger partial charge is 0.469 e. The summed E-state index contributed by atoms with van der Waals surface area (Å²) in [6, 6.07) is 9.89. The molecule has 0 aliphatic heterocycles. The van der Waals surface area contributed by atoms with Crippen molar-refractivity contribution >= 4 is 5.96 Å². The van der Waals surface area contributed by atoms with Crippen LogP contribution in [0.15, 0.2) is 52.2 Å². The second kappa shape index (κ2) is 10.4. The fourth-order valence-electron chi connectivity index (χ4n) is 2.14.